The van der Waals surface area contributed by atoms with Crippen LogP contribution in [0.1, 0.15) is 33.1 Å². The highest BCUT2D eigenvalue weighted by Gasteiger charge is 1.73. The molecule has 0 aromatic heterocycles. The summed E-state index contributed by atoms with van der Waals surface area (Å²) < 4.78 is 0. The predicted molar refractivity (Wildman–Crippen MR) is 48.2 cm³/mol. The van der Waals surface area contributed by atoms with Gasteiger partial charge in [-0.3, -0.25) is 0 Å². The number of rotatable bonds is 4. The van der Waals surface area contributed by atoms with E-state index in [0.717, 1.165) is 19.5 Å². The fourth-order valence-electron chi connectivity index (χ4n) is 0.354. The Bertz CT molecular complexity index is 32.2. The van der Waals surface area contributed by atoms with Crippen molar-refractivity contribution in [1.82, 2.24) is 5.32 Å². The quantitative estimate of drug-likeness (QED) is 0.588. The summed E-state index contributed by atoms with van der Waals surface area (Å²) in [4.78, 5) is 0. The molecule has 0 aromatic carbocycles. The van der Waals surface area contributed by atoms with Gasteiger partial charge < -0.3 is 11.1 Å². The molecule has 0 aliphatic carbocycles. The van der Waals surface area contributed by atoms with Gasteiger partial charge in [0.15, 0.2) is 0 Å². The van der Waals surface area contributed by atoms with Gasteiger partial charge in [0.2, 0.25) is 0 Å². The van der Waals surface area contributed by atoms with Crippen LogP contribution in [0.3, 0.4) is 0 Å². The summed E-state index contributed by atoms with van der Waals surface area (Å²) in [5, 5.41) is 3.07. The van der Waals surface area contributed by atoms with Crippen molar-refractivity contribution in [2.45, 2.75) is 33.1 Å². The Balaban J connectivity index is 0. The van der Waals surface area contributed by atoms with Crippen LogP contribution in [-0.4, -0.2) is 20.1 Å². The molecule has 0 saturated heterocycles. The van der Waals surface area contributed by atoms with Crippen LogP contribution in [-0.2, 0) is 0 Å². The van der Waals surface area contributed by atoms with E-state index in [4.69, 9.17) is 5.73 Å². The van der Waals surface area contributed by atoms with Gasteiger partial charge in [0.05, 0.1) is 0 Å². The van der Waals surface area contributed by atoms with E-state index in [1.165, 1.54) is 12.8 Å². The Kier molecular flexibility index (Phi) is 20.1. The summed E-state index contributed by atoms with van der Waals surface area (Å²) in [5.41, 5.74) is 5.03. The average molecular weight is 146 g/mol. The van der Waals surface area contributed by atoms with E-state index < -0.39 is 0 Å². The first-order valence-electron chi connectivity index (χ1n) is 4.18. The molecule has 0 saturated carbocycles. The number of hydrogen-bond acceptors (Lipinski definition) is 2. The molecule has 0 aliphatic rings. The molecule has 0 rings (SSSR count). The van der Waals surface area contributed by atoms with Gasteiger partial charge in [0.25, 0.3) is 0 Å². The maximum atomic E-state index is 5.03. The first-order chi connectivity index (χ1) is 4.83. The lowest BCUT2D eigenvalue weighted by molar-refractivity contribution is 0.711. The fraction of sp³-hybridized carbons (Fsp3) is 1.00. The number of nitrogens with two attached hydrogens (primary N) is 1. The molecule has 0 aromatic rings. The molecule has 2 heteroatoms. The lowest BCUT2D eigenvalue weighted by atomic mass is 10.3. The van der Waals surface area contributed by atoms with E-state index in [2.05, 4.69) is 19.2 Å². The molecule has 0 amide bonds. The van der Waals surface area contributed by atoms with Crippen molar-refractivity contribution in [3.8, 4) is 0 Å². The minimum Gasteiger partial charge on any atom is -0.330 e. The van der Waals surface area contributed by atoms with Crippen molar-refractivity contribution >= 4 is 0 Å². The minimum atomic E-state index is 0.819. The molecule has 64 valence electrons. The second-order valence-electron chi connectivity index (χ2n) is 2.25. The Morgan fingerprint density at radius 2 is 1.70 bits per heavy atom. The summed E-state index contributed by atoms with van der Waals surface area (Å²) in [7, 11) is 1.98. The van der Waals surface area contributed by atoms with Crippen molar-refractivity contribution < 1.29 is 0 Å². The van der Waals surface area contributed by atoms with Crippen molar-refractivity contribution in [2.75, 3.05) is 20.1 Å². The van der Waals surface area contributed by atoms with Gasteiger partial charge >= 0.3 is 0 Å². The second kappa shape index (κ2) is 16.0. The maximum absolute atomic E-state index is 5.03. The van der Waals surface area contributed by atoms with Crippen LogP contribution in [0.4, 0.5) is 0 Å². The monoisotopic (exact) mass is 146 g/mol. The summed E-state index contributed by atoms with van der Waals surface area (Å²) in [6, 6.07) is 0. The van der Waals surface area contributed by atoms with Gasteiger partial charge in [-0.1, -0.05) is 20.3 Å². The van der Waals surface area contributed by atoms with Crippen LogP contribution in [0.25, 0.3) is 0 Å². The van der Waals surface area contributed by atoms with Crippen LogP contribution in [0.15, 0.2) is 0 Å². The topological polar surface area (TPSA) is 38.0 Å². The van der Waals surface area contributed by atoms with E-state index >= 15 is 0 Å². The van der Waals surface area contributed by atoms with Gasteiger partial charge in [-0.2, -0.15) is 0 Å². The Morgan fingerprint density at radius 1 is 1.20 bits per heavy atom. The fourth-order valence-corrected chi connectivity index (χ4v) is 0.354. The molecule has 0 fully saturated rings. The third kappa shape index (κ3) is 24.7. The molecular weight excluding hydrogens is 124 g/mol. The van der Waals surface area contributed by atoms with Crippen molar-refractivity contribution in [3.05, 3.63) is 0 Å². The van der Waals surface area contributed by atoms with Gasteiger partial charge in [-0.05, 0) is 33.0 Å². The van der Waals surface area contributed by atoms with Crippen molar-refractivity contribution in [1.29, 1.82) is 0 Å². The summed E-state index contributed by atoms with van der Waals surface area (Å²) in [5.74, 6) is 0. The van der Waals surface area contributed by atoms with E-state index in [1.807, 2.05) is 7.05 Å². The first-order valence-corrected chi connectivity index (χ1v) is 4.18. The summed E-state index contributed by atoms with van der Waals surface area (Å²) in [6.45, 7) is 6.23. The normalized spacial score (nSPS) is 8.40. The third-order valence-corrected chi connectivity index (χ3v) is 1.07. The predicted octanol–water partition coefficient (Wildman–Crippen LogP) is 1.36. The molecule has 2 nitrogen and oxygen atoms in total. The summed E-state index contributed by atoms with van der Waals surface area (Å²) in [6.07, 6.45) is 3.69. The maximum Gasteiger partial charge on any atom is -0.00520 e. The van der Waals surface area contributed by atoms with Crippen LogP contribution in [0, 0.1) is 0 Å². The zero-order valence-corrected chi connectivity index (χ0v) is 7.61. The molecule has 0 atom stereocenters. The van der Waals surface area contributed by atoms with Gasteiger partial charge in [0.1, 0.15) is 0 Å². The Hall–Kier alpha value is -0.0800. The van der Waals surface area contributed by atoms with Crippen molar-refractivity contribution in [3.63, 3.8) is 0 Å². The van der Waals surface area contributed by atoms with Gasteiger partial charge in [-0.25, -0.2) is 0 Å². The van der Waals surface area contributed by atoms with Gasteiger partial charge in [0, 0.05) is 0 Å². The highest BCUT2D eigenvalue weighted by Crippen LogP contribution is 1.79. The van der Waals surface area contributed by atoms with E-state index in [9.17, 15) is 0 Å². The van der Waals surface area contributed by atoms with Crippen LogP contribution >= 0.6 is 0 Å². The molecular formula is C8H22N2. The zero-order valence-electron chi connectivity index (χ0n) is 7.61. The zero-order chi connectivity index (χ0) is 8.24. The minimum absolute atomic E-state index is 0.819. The highest BCUT2D eigenvalue weighted by atomic mass is 14.8. The Labute approximate surface area is 65.2 Å². The van der Waals surface area contributed by atoms with Crippen LogP contribution in [0.2, 0.25) is 0 Å². The number of hydrogen-bond donors (Lipinski definition) is 2. The molecule has 0 radical (unpaired) electrons. The van der Waals surface area contributed by atoms with E-state index in [0.29, 0.717) is 0 Å². The van der Waals surface area contributed by atoms with E-state index in [-0.39, 0.29) is 0 Å². The third-order valence-electron chi connectivity index (χ3n) is 1.07. The average Bonchev–Trinajstić information content (AvgIpc) is 2.01. The van der Waals surface area contributed by atoms with Crippen molar-refractivity contribution in [2.24, 2.45) is 5.73 Å². The molecule has 0 unspecified atom stereocenters. The molecule has 0 spiro atoms. The van der Waals surface area contributed by atoms with E-state index in [1.54, 1.807) is 0 Å². The molecule has 10 heavy (non-hydrogen) atoms. The molecule has 0 heterocycles. The number of unbranched alkanes of at least 4 members (excludes halogenated alkanes) is 1. The highest BCUT2D eigenvalue weighted by molar-refractivity contribution is 4.34. The summed E-state index contributed by atoms with van der Waals surface area (Å²) >= 11 is 0. The molecule has 3 N–H and O–H groups in total. The lowest BCUT2D eigenvalue weighted by Crippen LogP contribution is -2.06. The van der Waals surface area contributed by atoms with Crippen LogP contribution < -0.4 is 11.1 Å². The lowest BCUT2D eigenvalue weighted by Gasteiger charge is -1.89. The Morgan fingerprint density at radius 3 is 1.80 bits per heavy atom. The standard InChI is InChI=1S/C5H13N.C3H9N/c1-3-4-5-6-2;1-2-3-4/h6H,3-5H2,1-2H3;2-4H2,1H3. The van der Waals surface area contributed by atoms with Gasteiger partial charge in [-0.15, -0.1) is 0 Å². The molecule has 0 aliphatic heterocycles. The molecule has 0 bridgehead atoms. The van der Waals surface area contributed by atoms with Crippen LogP contribution in [0.5, 0.6) is 0 Å². The largest absolute Gasteiger partial charge is 0.330 e. The smallest absolute Gasteiger partial charge is 0.00520 e. The SMILES string of the molecule is CCCCNC.CCCN. The number of nitrogens with one attached hydrogen (secondary N) is 1. The first kappa shape index (κ1) is 12.6. The second-order valence-corrected chi connectivity index (χ2v) is 2.25.